The van der Waals surface area contributed by atoms with Crippen molar-refractivity contribution >= 4 is 0 Å². The Labute approximate surface area is 118 Å². The van der Waals surface area contributed by atoms with Crippen molar-refractivity contribution in [3.8, 4) is 0 Å². The number of fused-ring (bicyclic) bond motifs is 1. The van der Waals surface area contributed by atoms with Crippen LogP contribution in [0.5, 0.6) is 0 Å². The molecule has 2 rings (SSSR count). The molecule has 0 aliphatic heterocycles. The SMILES string of the molecule is CCC(C)N(CC)C1CCc2ccccc2C1NC. The lowest BCUT2D eigenvalue weighted by atomic mass is 9.82. The van der Waals surface area contributed by atoms with Crippen LogP contribution in [0.2, 0.25) is 0 Å². The number of rotatable bonds is 5. The summed E-state index contributed by atoms with van der Waals surface area (Å²) in [5.74, 6) is 0. The van der Waals surface area contributed by atoms with Crippen LogP contribution in [0.4, 0.5) is 0 Å². The van der Waals surface area contributed by atoms with Crippen LogP contribution in [0.25, 0.3) is 0 Å². The third kappa shape index (κ3) is 2.85. The number of nitrogens with zero attached hydrogens (tertiary/aromatic N) is 1. The number of aryl methyl sites for hydroxylation is 1. The Kier molecular flexibility index (Phi) is 5.00. The average molecular weight is 260 g/mol. The fourth-order valence-corrected chi connectivity index (χ4v) is 3.56. The van der Waals surface area contributed by atoms with E-state index in [1.807, 2.05) is 0 Å². The summed E-state index contributed by atoms with van der Waals surface area (Å²) in [5, 5.41) is 3.56. The number of likely N-dealkylation sites (N-methyl/N-ethyl adjacent to an activating group) is 2. The molecule has 0 amide bonds. The highest BCUT2D eigenvalue weighted by molar-refractivity contribution is 5.34. The molecule has 1 aromatic carbocycles. The molecule has 0 saturated heterocycles. The fourth-order valence-electron chi connectivity index (χ4n) is 3.56. The number of nitrogens with one attached hydrogen (secondary N) is 1. The van der Waals surface area contributed by atoms with Crippen LogP contribution in [-0.4, -0.2) is 30.6 Å². The van der Waals surface area contributed by atoms with Gasteiger partial charge in [0.2, 0.25) is 0 Å². The molecule has 0 saturated carbocycles. The van der Waals surface area contributed by atoms with E-state index in [1.165, 1.54) is 30.4 Å². The van der Waals surface area contributed by atoms with Gasteiger partial charge < -0.3 is 5.32 Å². The third-order valence-corrected chi connectivity index (χ3v) is 4.74. The Bertz CT molecular complexity index is 402. The van der Waals surface area contributed by atoms with Crippen LogP contribution >= 0.6 is 0 Å². The second-order valence-corrected chi connectivity index (χ2v) is 5.66. The van der Waals surface area contributed by atoms with E-state index in [4.69, 9.17) is 0 Å². The Hall–Kier alpha value is -0.860. The first-order valence-corrected chi connectivity index (χ1v) is 7.73. The molecule has 0 aromatic heterocycles. The summed E-state index contributed by atoms with van der Waals surface area (Å²) in [6, 6.07) is 10.7. The van der Waals surface area contributed by atoms with Gasteiger partial charge in [-0.15, -0.1) is 0 Å². The van der Waals surface area contributed by atoms with Gasteiger partial charge in [0.15, 0.2) is 0 Å². The van der Waals surface area contributed by atoms with Crippen molar-refractivity contribution in [1.82, 2.24) is 10.2 Å². The van der Waals surface area contributed by atoms with E-state index in [1.54, 1.807) is 0 Å². The highest BCUT2D eigenvalue weighted by Gasteiger charge is 2.33. The van der Waals surface area contributed by atoms with Crippen molar-refractivity contribution in [3.05, 3.63) is 35.4 Å². The molecule has 1 aliphatic carbocycles. The monoisotopic (exact) mass is 260 g/mol. The van der Waals surface area contributed by atoms with Crippen molar-refractivity contribution in [2.75, 3.05) is 13.6 Å². The zero-order valence-electron chi connectivity index (χ0n) is 12.8. The molecule has 3 atom stereocenters. The zero-order valence-corrected chi connectivity index (χ0v) is 12.8. The van der Waals surface area contributed by atoms with Crippen molar-refractivity contribution in [3.63, 3.8) is 0 Å². The van der Waals surface area contributed by atoms with Gasteiger partial charge in [0, 0.05) is 18.1 Å². The van der Waals surface area contributed by atoms with E-state index in [0.29, 0.717) is 18.1 Å². The van der Waals surface area contributed by atoms with E-state index >= 15 is 0 Å². The van der Waals surface area contributed by atoms with Gasteiger partial charge in [-0.1, -0.05) is 38.1 Å². The molecule has 3 unspecified atom stereocenters. The van der Waals surface area contributed by atoms with E-state index in [2.05, 4.69) is 62.3 Å². The standard InChI is InChI=1S/C17H28N2/c1-5-13(3)19(6-2)16-12-11-14-9-7-8-10-15(14)17(16)18-4/h7-10,13,16-18H,5-6,11-12H2,1-4H3. The predicted molar refractivity (Wildman–Crippen MR) is 82.5 cm³/mol. The second kappa shape index (κ2) is 6.53. The second-order valence-electron chi connectivity index (χ2n) is 5.66. The maximum absolute atomic E-state index is 3.56. The van der Waals surface area contributed by atoms with Gasteiger partial charge in [-0.25, -0.2) is 0 Å². The van der Waals surface area contributed by atoms with Gasteiger partial charge in [0.05, 0.1) is 0 Å². The van der Waals surface area contributed by atoms with Crippen LogP contribution in [0.15, 0.2) is 24.3 Å². The molecular formula is C17H28N2. The van der Waals surface area contributed by atoms with Crippen molar-refractivity contribution in [1.29, 1.82) is 0 Å². The van der Waals surface area contributed by atoms with Gasteiger partial charge in [-0.2, -0.15) is 0 Å². The molecular weight excluding hydrogens is 232 g/mol. The molecule has 1 aliphatic rings. The maximum atomic E-state index is 3.56. The summed E-state index contributed by atoms with van der Waals surface area (Å²) in [7, 11) is 2.10. The fraction of sp³-hybridized carbons (Fsp3) is 0.647. The quantitative estimate of drug-likeness (QED) is 0.873. The van der Waals surface area contributed by atoms with Crippen LogP contribution < -0.4 is 5.32 Å². The Morgan fingerprint density at radius 3 is 2.68 bits per heavy atom. The number of benzene rings is 1. The first-order valence-electron chi connectivity index (χ1n) is 7.73. The molecule has 0 bridgehead atoms. The molecule has 0 spiro atoms. The van der Waals surface area contributed by atoms with Crippen molar-refractivity contribution in [2.45, 2.75) is 58.2 Å². The van der Waals surface area contributed by atoms with Crippen LogP contribution in [-0.2, 0) is 6.42 Å². The molecule has 1 N–H and O–H groups in total. The molecule has 1 aromatic rings. The average Bonchev–Trinajstić information content (AvgIpc) is 2.47. The van der Waals surface area contributed by atoms with E-state index in [0.717, 1.165) is 6.54 Å². The molecule has 0 fully saturated rings. The molecule has 0 radical (unpaired) electrons. The number of hydrogen-bond acceptors (Lipinski definition) is 2. The predicted octanol–water partition coefficient (Wildman–Crippen LogP) is 3.38. The lowest BCUT2D eigenvalue weighted by Crippen LogP contribution is -2.49. The third-order valence-electron chi connectivity index (χ3n) is 4.74. The molecule has 19 heavy (non-hydrogen) atoms. The summed E-state index contributed by atoms with van der Waals surface area (Å²) in [6.45, 7) is 8.08. The molecule has 0 heterocycles. The summed E-state index contributed by atoms with van der Waals surface area (Å²) in [4.78, 5) is 2.68. The number of hydrogen-bond donors (Lipinski definition) is 1. The lowest BCUT2D eigenvalue weighted by molar-refractivity contribution is 0.105. The van der Waals surface area contributed by atoms with Gasteiger partial charge in [-0.3, -0.25) is 4.90 Å². The van der Waals surface area contributed by atoms with E-state index < -0.39 is 0 Å². The summed E-state index contributed by atoms with van der Waals surface area (Å²) in [6.07, 6.45) is 3.70. The normalized spacial score (nSPS) is 24.3. The molecule has 2 heteroatoms. The largest absolute Gasteiger partial charge is 0.312 e. The van der Waals surface area contributed by atoms with E-state index in [-0.39, 0.29) is 0 Å². The minimum atomic E-state index is 0.471. The summed E-state index contributed by atoms with van der Waals surface area (Å²) < 4.78 is 0. The zero-order chi connectivity index (χ0) is 13.8. The Morgan fingerprint density at radius 2 is 2.05 bits per heavy atom. The van der Waals surface area contributed by atoms with Gasteiger partial charge in [0.1, 0.15) is 0 Å². The van der Waals surface area contributed by atoms with Crippen LogP contribution in [0.1, 0.15) is 50.8 Å². The minimum absolute atomic E-state index is 0.471. The highest BCUT2D eigenvalue weighted by Crippen LogP contribution is 2.33. The Morgan fingerprint density at radius 1 is 1.32 bits per heavy atom. The first kappa shape index (κ1) is 14.5. The smallest absolute Gasteiger partial charge is 0.0478 e. The maximum Gasteiger partial charge on any atom is 0.0478 e. The lowest BCUT2D eigenvalue weighted by Gasteiger charge is -2.43. The van der Waals surface area contributed by atoms with Gasteiger partial charge in [-0.05, 0) is 50.9 Å². The minimum Gasteiger partial charge on any atom is -0.312 e. The van der Waals surface area contributed by atoms with Crippen molar-refractivity contribution in [2.24, 2.45) is 0 Å². The van der Waals surface area contributed by atoms with Crippen molar-refractivity contribution < 1.29 is 0 Å². The Balaban J connectivity index is 2.28. The van der Waals surface area contributed by atoms with Gasteiger partial charge in [0.25, 0.3) is 0 Å². The van der Waals surface area contributed by atoms with Gasteiger partial charge >= 0.3 is 0 Å². The topological polar surface area (TPSA) is 15.3 Å². The highest BCUT2D eigenvalue weighted by atomic mass is 15.2. The van der Waals surface area contributed by atoms with E-state index in [9.17, 15) is 0 Å². The first-order chi connectivity index (χ1) is 9.22. The summed E-state index contributed by atoms with van der Waals surface area (Å²) in [5.41, 5.74) is 3.03. The van der Waals surface area contributed by atoms with Crippen LogP contribution in [0, 0.1) is 0 Å². The molecule has 106 valence electrons. The van der Waals surface area contributed by atoms with Crippen LogP contribution in [0.3, 0.4) is 0 Å². The summed E-state index contributed by atoms with van der Waals surface area (Å²) >= 11 is 0. The molecule has 2 nitrogen and oxygen atoms in total.